The van der Waals surface area contributed by atoms with Crippen LogP contribution in [0.3, 0.4) is 0 Å². The zero-order chi connectivity index (χ0) is 17.5. The molecular formula is C25H22S. The molecule has 0 fully saturated rings. The van der Waals surface area contributed by atoms with Crippen molar-refractivity contribution in [1.29, 1.82) is 0 Å². The zero-order valence-corrected chi connectivity index (χ0v) is 15.9. The predicted molar refractivity (Wildman–Crippen MR) is 118 cm³/mol. The number of thiophene rings is 1. The molecule has 0 unspecified atom stereocenters. The molecule has 0 saturated carbocycles. The highest BCUT2D eigenvalue weighted by Crippen LogP contribution is 2.37. The number of hydrogen-bond donors (Lipinski definition) is 0. The highest BCUT2D eigenvalue weighted by molar-refractivity contribution is 7.20. The molecule has 26 heavy (non-hydrogen) atoms. The first-order valence-corrected chi connectivity index (χ1v) is 10.4. The van der Waals surface area contributed by atoms with Gasteiger partial charge in [0.15, 0.2) is 0 Å². The van der Waals surface area contributed by atoms with Gasteiger partial charge in [-0.15, -0.1) is 11.3 Å². The number of hydrogen-bond acceptors (Lipinski definition) is 1. The van der Waals surface area contributed by atoms with E-state index in [-0.39, 0.29) is 0 Å². The third kappa shape index (κ3) is 2.59. The fraction of sp³-hybridized carbons (Fsp3) is 0.200. The van der Waals surface area contributed by atoms with Gasteiger partial charge in [-0.1, -0.05) is 68.3 Å². The van der Waals surface area contributed by atoms with Gasteiger partial charge in [0, 0.05) is 15.0 Å². The Kier molecular flexibility index (Phi) is 3.90. The molecule has 0 N–H and O–H groups in total. The lowest BCUT2D eigenvalue weighted by atomic mass is 9.97. The summed E-state index contributed by atoms with van der Waals surface area (Å²) >= 11 is 1.99. The quantitative estimate of drug-likeness (QED) is 0.174. The highest BCUT2D eigenvalue weighted by atomic mass is 32.1. The molecule has 5 rings (SSSR count). The van der Waals surface area contributed by atoms with Crippen molar-refractivity contribution in [1.82, 2.24) is 0 Å². The Morgan fingerprint density at radius 2 is 1.42 bits per heavy atom. The molecule has 0 radical (unpaired) electrons. The van der Waals surface area contributed by atoms with E-state index in [4.69, 9.17) is 0 Å². The van der Waals surface area contributed by atoms with Crippen LogP contribution in [0.2, 0.25) is 0 Å². The first-order chi connectivity index (χ1) is 12.8. The van der Waals surface area contributed by atoms with Gasteiger partial charge in [0.2, 0.25) is 0 Å². The molecule has 0 bridgehead atoms. The Bertz CT molecular complexity index is 1240. The third-order valence-electron chi connectivity index (χ3n) is 5.44. The Hall–Kier alpha value is -2.38. The van der Waals surface area contributed by atoms with Crippen molar-refractivity contribution >= 4 is 53.7 Å². The zero-order valence-electron chi connectivity index (χ0n) is 15.1. The van der Waals surface area contributed by atoms with Gasteiger partial charge in [0.25, 0.3) is 0 Å². The van der Waals surface area contributed by atoms with Crippen molar-refractivity contribution in [3.05, 3.63) is 71.6 Å². The van der Waals surface area contributed by atoms with Gasteiger partial charge in [-0.3, -0.25) is 0 Å². The van der Waals surface area contributed by atoms with Gasteiger partial charge in [-0.2, -0.15) is 0 Å². The second-order valence-corrected chi connectivity index (χ2v) is 8.37. The summed E-state index contributed by atoms with van der Waals surface area (Å²) in [7, 11) is 0. The summed E-state index contributed by atoms with van der Waals surface area (Å²) in [6.07, 6.45) is 5.13. The summed E-state index contributed by atoms with van der Waals surface area (Å²) in [6.45, 7) is 2.27. The minimum Gasteiger partial charge on any atom is -0.140 e. The Morgan fingerprint density at radius 1 is 0.654 bits per heavy atom. The van der Waals surface area contributed by atoms with Gasteiger partial charge < -0.3 is 0 Å². The molecule has 1 heteroatoms. The van der Waals surface area contributed by atoms with Gasteiger partial charge in [-0.05, 0) is 63.4 Å². The van der Waals surface area contributed by atoms with E-state index >= 15 is 0 Å². The van der Waals surface area contributed by atoms with E-state index in [0.717, 1.165) is 0 Å². The minimum absolute atomic E-state index is 1.22. The molecule has 0 saturated heterocycles. The van der Waals surface area contributed by atoms with E-state index in [1.807, 2.05) is 11.3 Å². The number of benzene rings is 4. The van der Waals surface area contributed by atoms with Gasteiger partial charge in [0.05, 0.1) is 0 Å². The topological polar surface area (TPSA) is 0 Å². The summed E-state index contributed by atoms with van der Waals surface area (Å²) in [5, 5.41) is 9.50. The number of aryl methyl sites for hydroxylation is 1. The lowest BCUT2D eigenvalue weighted by Crippen LogP contribution is -1.80. The molecule has 0 aliphatic heterocycles. The van der Waals surface area contributed by atoms with Crippen LogP contribution in [0.25, 0.3) is 42.4 Å². The molecule has 0 atom stereocenters. The number of fused-ring (bicyclic) bond motifs is 6. The summed E-state index contributed by atoms with van der Waals surface area (Å²) in [6, 6.07) is 25.0. The molecular weight excluding hydrogens is 332 g/mol. The second-order valence-electron chi connectivity index (χ2n) is 7.23. The van der Waals surface area contributed by atoms with E-state index in [0.29, 0.717) is 0 Å². The Labute approximate surface area is 158 Å². The molecule has 1 heterocycles. The van der Waals surface area contributed by atoms with Gasteiger partial charge in [0.1, 0.15) is 0 Å². The standard InChI is InChI=1S/C25H22S/c1-2-3-4-9-21-15-20-11-12-22-23(25(20)26-21)13-10-19-14-17-7-5-6-8-18(17)16-24(19)22/h5-8,10-16H,2-4,9H2,1H3. The summed E-state index contributed by atoms with van der Waals surface area (Å²) in [5.74, 6) is 0. The molecule has 0 aliphatic carbocycles. The summed E-state index contributed by atoms with van der Waals surface area (Å²) in [4.78, 5) is 1.53. The smallest absolute Gasteiger partial charge is 0.0424 e. The first-order valence-electron chi connectivity index (χ1n) is 9.60. The molecule has 4 aromatic carbocycles. The lowest BCUT2D eigenvalue weighted by molar-refractivity contribution is 0.723. The summed E-state index contributed by atoms with van der Waals surface area (Å²) in [5.41, 5.74) is 0. The second kappa shape index (κ2) is 6.41. The number of unbranched alkanes of at least 4 members (excludes halogenated alkanes) is 2. The van der Waals surface area contributed by atoms with Crippen LogP contribution < -0.4 is 0 Å². The minimum atomic E-state index is 1.22. The van der Waals surface area contributed by atoms with Crippen LogP contribution in [0.4, 0.5) is 0 Å². The van der Waals surface area contributed by atoms with Crippen LogP contribution in [0.15, 0.2) is 66.7 Å². The Morgan fingerprint density at radius 3 is 2.27 bits per heavy atom. The van der Waals surface area contributed by atoms with Crippen molar-refractivity contribution in [2.75, 3.05) is 0 Å². The van der Waals surface area contributed by atoms with Crippen molar-refractivity contribution in [2.45, 2.75) is 32.6 Å². The van der Waals surface area contributed by atoms with Gasteiger partial charge in [-0.25, -0.2) is 0 Å². The number of rotatable bonds is 4. The fourth-order valence-corrected chi connectivity index (χ4v) is 5.28. The van der Waals surface area contributed by atoms with Crippen LogP contribution in [0, 0.1) is 0 Å². The average Bonchev–Trinajstić information content (AvgIpc) is 3.09. The van der Waals surface area contributed by atoms with Crippen LogP contribution in [0.1, 0.15) is 31.1 Å². The maximum Gasteiger partial charge on any atom is 0.0424 e. The maximum atomic E-state index is 2.40. The fourth-order valence-electron chi connectivity index (χ4n) is 4.05. The van der Waals surface area contributed by atoms with E-state index in [9.17, 15) is 0 Å². The van der Waals surface area contributed by atoms with Crippen molar-refractivity contribution < 1.29 is 0 Å². The van der Waals surface area contributed by atoms with E-state index in [1.54, 1.807) is 0 Å². The predicted octanol–water partition coefficient (Wildman–Crippen LogP) is 8.09. The lowest BCUT2D eigenvalue weighted by Gasteiger charge is -2.07. The SMILES string of the molecule is CCCCCc1cc2ccc3c4cc5ccccc5cc4ccc3c2s1. The molecule has 0 aliphatic rings. The largest absolute Gasteiger partial charge is 0.140 e. The molecule has 0 amide bonds. The first kappa shape index (κ1) is 15.8. The molecule has 1 aromatic heterocycles. The van der Waals surface area contributed by atoms with Crippen LogP contribution in [-0.2, 0) is 6.42 Å². The summed E-state index contributed by atoms with van der Waals surface area (Å²) < 4.78 is 1.45. The van der Waals surface area contributed by atoms with Crippen LogP contribution in [0.5, 0.6) is 0 Å². The molecule has 0 nitrogen and oxygen atoms in total. The average molecular weight is 355 g/mol. The van der Waals surface area contributed by atoms with Crippen LogP contribution in [-0.4, -0.2) is 0 Å². The molecule has 128 valence electrons. The Balaban J connectivity index is 1.73. The van der Waals surface area contributed by atoms with E-state index < -0.39 is 0 Å². The van der Waals surface area contributed by atoms with Crippen LogP contribution >= 0.6 is 11.3 Å². The third-order valence-corrected chi connectivity index (χ3v) is 6.68. The molecule has 5 aromatic rings. The highest BCUT2D eigenvalue weighted by Gasteiger charge is 2.09. The van der Waals surface area contributed by atoms with E-state index in [2.05, 4.69) is 73.7 Å². The monoisotopic (exact) mass is 354 g/mol. The van der Waals surface area contributed by atoms with Gasteiger partial charge >= 0.3 is 0 Å². The van der Waals surface area contributed by atoms with Crippen molar-refractivity contribution in [3.63, 3.8) is 0 Å². The van der Waals surface area contributed by atoms with Crippen molar-refractivity contribution in [2.24, 2.45) is 0 Å². The van der Waals surface area contributed by atoms with E-state index in [1.165, 1.54) is 73.0 Å². The maximum absolute atomic E-state index is 2.40. The molecule has 0 spiro atoms. The van der Waals surface area contributed by atoms with Crippen molar-refractivity contribution in [3.8, 4) is 0 Å². The normalized spacial score (nSPS) is 11.9.